The first kappa shape index (κ1) is 14.2. The highest BCUT2D eigenvalue weighted by Crippen LogP contribution is 2.22. The van der Waals surface area contributed by atoms with E-state index in [1.807, 2.05) is 19.1 Å². The number of carboxylic acid groups (broad SMARTS) is 1. The minimum absolute atomic E-state index is 0.0304. The molecule has 0 fully saturated rings. The van der Waals surface area contributed by atoms with Gasteiger partial charge in [0.15, 0.2) is 0 Å². The van der Waals surface area contributed by atoms with Gasteiger partial charge in [-0.15, -0.1) is 0 Å². The second-order valence-electron chi connectivity index (χ2n) is 4.11. The quantitative estimate of drug-likeness (QED) is 0.836. The summed E-state index contributed by atoms with van der Waals surface area (Å²) in [4.78, 5) is 28.0. The van der Waals surface area contributed by atoms with Crippen LogP contribution in [-0.2, 0) is 9.59 Å². The Balaban J connectivity index is 2.70. The van der Waals surface area contributed by atoms with Gasteiger partial charge in [0, 0.05) is 25.9 Å². The van der Waals surface area contributed by atoms with Crippen molar-refractivity contribution in [1.82, 2.24) is 9.88 Å². The molecular weight excluding hydrogens is 232 g/mol. The summed E-state index contributed by atoms with van der Waals surface area (Å²) >= 11 is 0. The molecule has 0 aromatic carbocycles. The van der Waals surface area contributed by atoms with Crippen LogP contribution < -0.4 is 0 Å². The molecule has 0 spiro atoms. The molecule has 1 aromatic heterocycles. The number of carbonyl (C=O) groups is 2. The van der Waals surface area contributed by atoms with Crippen LogP contribution in [-0.4, -0.2) is 33.9 Å². The smallest absolute Gasteiger partial charge is 0.303 e. The molecule has 98 valence electrons. The fourth-order valence-corrected chi connectivity index (χ4v) is 1.87. The predicted molar refractivity (Wildman–Crippen MR) is 66.9 cm³/mol. The van der Waals surface area contributed by atoms with Crippen molar-refractivity contribution in [3.63, 3.8) is 0 Å². The van der Waals surface area contributed by atoms with Crippen LogP contribution in [0.1, 0.15) is 37.8 Å². The van der Waals surface area contributed by atoms with E-state index in [0.29, 0.717) is 0 Å². The number of pyridine rings is 1. The fraction of sp³-hybridized carbons (Fsp3) is 0.462. The summed E-state index contributed by atoms with van der Waals surface area (Å²) in [5.41, 5.74) is 0.964. The van der Waals surface area contributed by atoms with E-state index < -0.39 is 5.97 Å². The third-order valence-corrected chi connectivity index (χ3v) is 2.87. The lowest BCUT2D eigenvalue weighted by molar-refractivity contribution is -0.141. The van der Waals surface area contributed by atoms with E-state index in [4.69, 9.17) is 5.11 Å². The predicted octanol–water partition coefficient (Wildman–Crippen LogP) is 1.86. The maximum Gasteiger partial charge on any atom is 0.303 e. The highest BCUT2D eigenvalue weighted by molar-refractivity contribution is 5.80. The molecule has 1 N–H and O–H groups in total. The third-order valence-electron chi connectivity index (χ3n) is 2.87. The van der Waals surface area contributed by atoms with Crippen LogP contribution in [0.2, 0.25) is 0 Å². The summed E-state index contributed by atoms with van der Waals surface area (Å²) in [7, 11) is 1.70. The minimum atomic E-state index is -0.953. The second-order valence-corrected chi connectivity index (χ2v) is 4.11. The highest BCUT2D eigenvalue weighted by atomic mass is 16.4. The number of hydrogen-bond donors (Lipinski definition) is 1. The van der Waals surface area contributed by atoms with E-state index in [1.165, 1.54) is 0 Å². The van der Waals surface area contributed by atoms with Crippen LogP contribution in [0, 0.1) is 0 Å². The first-order chi connectivity index (χ1) is 8.56. The number of nitrogens with zero attached hydrogens (tertiary/aromatic N) is 2. The monoisotopic (exact) mass is 250 g/mol. The Morgan fingerprint density at radius 2 is 2.17 bits per heavy atom. The maximum absolute atomic E-state index is 11.9. The number of hydrogen-bond acceptors (Lipinski definition) is 3. The Labute approximate surface area is 106 Å². The third kappa shape index (κ3) is 3.84. The van der Waals surface area contributed by atoms with Gasteiger partial charge in [0.05, 0.1) is 12.5 Å². The Kier molecular flexibility index (Phi) is 5.30. The zero-order valence-corrected chi connectivity index (χ0v) is 10.7. The van der Waals surface area contributed by atoms with Crippen LogP contribution in [0.4, 0.5) is 0 Å². The minimum Gasteiger partial charge on any atom is -0.481 e. The van der Waals surface area contributed by atoms with Crippen LogP contribution in [0.15, 0.2) is 24.5 Å². The fourth-order valence-electron chi connectivity index (χ4n) is 1.87. The van der Waals surface area contributed by atoms with Gasteiger partial charge in [-0.25, -0.2) is 0 Å². The summed E-state index contributed by atoms with van der Waals surface area (Å²) < 4.78 is 0. The van der Waals surface area contributed by atoms with E-state index in [-0.39, 0.29) is 24.8 Å². The van der Waals surface area contributed by atoms with Crippen LogP contribution in [0.3, 0.4) is 0 Å². The lowest BCUT2D eigenvalue weighted by atomic mass is 10.0. The first-order valence-corrected chi connectivity index (χ1v) is 5.93. The van der Waals surface area contributed by atoms with E-state index >= 15 is 0 Å². The van der Waals surface area contributed by atoms with E-state index in [0.717, 1.165) is 12.0 Å². The van der Waals surface area contributed by atoms with Crippen molar-refractivity contribution in [3.8, 4) is 0 Å². The van der Waals surface area contributed by atoms with Gasteiger partial charge in [0.1, 0.15) is 0 Å². The normalized spacial score (nSPS) is 11.9. The molecule has 1 heterocycles. The van der Waals surface area contributed by atoms with Crippen molar-refractivity contribution in [2.45, 2.75) is 32.2 Å². The van der Waals surface area contributed by atoms with Gasteiger partial charge in [-0.2, -0.15) is 0 Å². The van der Waals surface area contributed by atoms with Gasteiger partial charge in [0.2, 0.25) is 5.91 Å². The molecule has 1 atom stereocenters. The van der Waals surface area contributed by atoms with Gasteiger partial charge in [-0.1, -0.05) is 13.0 Å². The molecule has 5 nitrogen and oxygen atoms in total. The van der Waals surface area contributed by atoms with Crippen molar-refractivity contribution in [2.75, 3.05) is 7.05 Å². The molecule has 0 aliphatic rings. The Morgan fingerprint density at radius 3 is 2.67 bits per heavy atom. The van der Waals surface area contributed by atoms with Gasteiger partial charge in [-0.3, -0.25) is 14.6 Å². The Bertz CT molecular complexity index is 406. The van der Waals surface area contributed by atoms with Crippen LogP contribution >= 0.6 is 0 Å². The summed E-state index contributed by atoms with van der Waals surface area (Å²) in [6.45, 7) is 1.98. The Hall–Kier alpha value is -1.91. The van der Waals surface area contributed by atoms with Crippen molar-refractivity contribution < 1.29 is 14.7 Å². The largest absolute Gasteiger partial charge is 0.481 e. The van der Waals surface area contributed by atoms with Gasteiger partial charge in [-0.05, 0) is 18.1 Å². The molecule has 5 heteroatoms. The summed E-state index contributed by atoms with van der Waals surface area (Å²) in [6.07, 6.45) is 4.08. The van der Waals surface area contributed by atoms with Crippen LogP contribution in [0.5, 0.6) is 0 Å². The first-order valence-electron chi connectivity index (χ1n) is 5.93. The van der Waals surface area contributed by atoms with Gasteiger partial charge < -0.3 is 10.0 Å². The van der Waals surface area contributed by atoms with Gasteiger partial charge >= 0.3 is 5.97 Å². The summed E-state index contributed by atoms with van der Waals surface area (Å²) in [6, 6.07) is 3.69. The maximum atomic E-state index is 11.9. The number of carbonyl (C=O) groups excluding carboxylic acids is 1. The van der Waals surface area contributed by atoms with E-state index in [2.05, 4.69) is 4.98 Å². The number of rotatable bonds is 6. The van der Waals surface area contributed by atoms with E-state index in [9.17, 15) is 9.59 Å². The molecule has 0 aliphatic heterocycles. The molecule has 0 bridgehead atoms. The molecule has 1 rings (SSSR count). The molecule has 1 aromatic rings. The average molecular weight is 250 g/mol. The molecule has 0 saturated heterocycles. The second kappa shape index (κ2) is 6.74. The zero-order valence-electron chi connectivity index (χ0n) is 10.7. The van der Waals surface area contributed by atoms with E-state index in [1.54, 1.807) is 24.3 Å². The zero-order chi connectivity index (χ0) is 13.5. The number of aliphatic carboxylic acids is 1. The molecule has 0 unspecified atom stereocenters. The molecule has 0 aliphatic carbocycles. The van der Waals surface area contributed by atoms with Crippen molar-refractivity contribution in [2.24, 2.45) is 0 Å². The standard InChI is InChI=1S/C13H18N2O3/c1-3-11(10-5-4-8-14-9-10)15(2)12(16)6-7-13(17)18/h4-5,8-9,11H,3,6-7H2,1-2H3,(H,17,18)/t11-/m1/s1. The number of carboxylic acids is 1. The number of aromatic nitrogens is 1. The van der Waals surface area contributed by atoms with Crippen molar-refractivity contribution in [1.29, 1.82) is 0 Å². The summed E-state index contributed by atoms with van der Waals surface area (Å²) in [5, 5.41) is 8.58. The highest BCUT2D eigenvalue weighted by Gasteiger charge is 2.20. The molecule has 1 amide bonds. The molecule has 0 saturated carbocycles. The van der Waals surface area contributed by atoms with Crippen molar-refractivity contribution in [3.05, 3.63) is 30.1 Å². The number of amides is 1. The molecular formula is C13H18N2O3. The van der Waals surface area contributed by atoms with Crippen molar-refractivity contribution >= 4 is 11.9 Å². The lowest BCUT2D eigenvalue weighted by Gasteiger charge is -2.27. The Morgan fingerprint density at radius 1 is 1.44 bits per heavy atom. The molecule has 18 heavy (non-hydrogen) atoms. The van der Waals surface area contributed by atoms with Gasteiger partial charge in [0.25, 0.3) is 0 Å². The lowest BCUT2D eigenvalue weighted by Crippen LogP contribution is -2.31. The topological polar surface area (TPSA) is 70.5 Å². The summed E-state index contributed by atoms with van der Waals surface area (Å²) in [5.74, 6) is -1.11. The average Bonchev–Trinajstić information content (AvgIpc) is 2.38. The molecule has 0 radical (unpaired) electrons. The van der Waals surface area contributed by atoms with Crippen LogP contribution in [0.25, 0.3) is 0 Å². The SMILES string of the molecule is CC[C@H](c1cccnc1)N(C)C(=O)CCC(=O)O.